The number of carbonyl (C=O) groups is 2. The van der Waals surface area contributed by atoms with Crippen molar-refractivity contribution in [1.29, 1.82) is 0 Å². The number of para-hydroxylation sites is 1. The van der Waals surface area contributed by atoms with Gasteiger partial charge in [0.15, 0.2) is 5.11 Å². The third kappa shape index (κ3) is 6.84. The number of halogens is 1. The number of nitrogens with one attached hydrogen (secondary N) is 2. The zero-order valence-electron chi connectivity index (χ0n) is 19.6. The molecule has 2 amide bonds. The van der Waals surface area contributed by atoms with Gasteiger partial charge >= 0.3 is 0 Å². The van der Waals surface area contributed by atoms with E-state index in [0.29, 0.717) is 55.5 Å². The maximum absolute atomic E-state index is 12.6. The molecule has 0 aliphatic carbocycles. The molecule has 0 spiro atoms. The predicted octanol–water partition coefficient (Wildman–Crippen LogP) is 4.70. The molecule has 1 aliphatic rings. The SMILES string of the molecule is CCCCOc1ccc(C(=O)NC(=S)Nc2cccc(Cl)c2N2CCN(C(=O)CC)CC2)cc1. The van der Waals surface area contributed by atoms with Crippen molar-refractivity contribution in [1.82, 2.24) is 10.2 Å². The first-order valence-electron chi connectivity index (χ1n) is 11.6. The van der Waals surface area contributed by atoms with Gasteiger partial charge in [0, 0.05) is 38.2 Å². The Labute approximate surface area is 211 Å². The molecule has 1 saturated heterocycles. The molecule has 0 bridgehead atoms. The summed E-state index contributed by atoms with van der Waals surface area (Å²) in [6, 6.07) is 12.5. The third-order valence-electron chi connectivity index (χ3n) is 5.60. The van der Waals surface area contributed by atoms with Crippen LogP contribution in [0.1, 0.15) is 43.5 Å². The summed E-state index contributed by atoms with van der Waals surface area (Å²) < 4.78 is 5.64. The van der Waals surface area contributed by atoms with E-state index in [2.05, 4.69) is 22.5 Å². The summed E-state index contributed by atoms with van der Waals surface area (Å²) in [6.07, 6.45) is 2.55. The van der Waals surface area contributed by atoms with Crippen LogP contribution in [0.25, 0.3) is 0 Å². The topological polar surface area (TPSA) is 73.9 Å². The first-order valence-corrected chi connectivity index (χ1v) is 12.4. The fourth-order valence-electron chi connectivity index (χ4n) is 3.71. The van der Waals surface area contributed by atoms with Gasteiger partial charge in [-0.3, -0.25) is 14.9 Å². The Bertz CT molecular complexity index is 1010. The fraction of sp³-hybridized carbons (Fsp3) is 0.400. The molecule has 2 aromatic carbocycles. The average molecular weight is 503 g/mol. The quantitative estimate of drug-likeness (QED) is 0.402. The van der Waals surface area contributed by atoms with Gasteiger partial charge in [-0.2, -0.15) is 0 Å². The van der Waals surface area contributed by atoms with Crippen molar-refractivity contribution in [3.63, 3.8) is 0 Å². The fourth-order valence-corrected chi connectivity index (χ4v) is 4.20. The van der Waals surface area contributed by atoms with Gasteiger partial charge < -0.3 is 19.9 Å². The second-order valence-electron chi connectivity index (χ2n) is 7.99. The lowest BCUT2D eigenvalue weighted by Gasteiger charge is -2.37. The molecule has 0 radical (unpaired) electrons. The van der Waals surface area contributed by atoms with Crippen LogP contribution in [0, 0.1) is 0 Å². The Hall–Kier alpha value is -2.84. The van der Waals surface area contributed by atoms with Gasteiger partial charge in [0.2, 0.25) is 5.91 Å². The van der Waals surface area contributed by atoms with Gasteiger partial charge in [-0.1, -0.05) is 37.9 Å². The first kappa shape index (κ1) is 25.8. The number of amides is 2. The molecule has 7 nitrogen and oxygen atoms in total. The minimum Gasteiger partial charge on any atom is -0.494 e. The number of hydrogen-bond acceptors (Lipinski definition) is 5. The number of nitrogens with zero attached hydrogens (tertiary/aromatic N) is 2. The number of ether oxygens (including phenoxy) is 1. The van der Waals surface area contributed by atoms with Crippen molar-refractivity contribution in [2.45, 2.75) is 33.1 Å². The van der Waals surface area contributed by atoms with E-state index in [1.807, 2.05) is 30.0 Å². The van der Waals surface area contributed by atoms with E-state index in [0.717, 1.165) is 24.3 Å². The smallest absolute Gasteiger partial charge is 0.257 e. The van der Waals surface area contributed by atoms with Crippen LogP contribution in [0.2, 0.25) is 5.02 Å². The molecule has 182 valence electrons. The lowest BCUT2D eigenvalue weighted by atomic mass is 10.2. The van der Waals surface area contributed by atoms with E-state index in [-0.39, 0.29) is 16.9 Å². The second kappa shape index (κ2) is 12.6. The van der Waals surface area contributed by atoms with Crippen molar-refractivity contribution in [2.75, 3.05) is 43.0 Å². The molecular formula is C25H31ClN4O3S. The predicted molar refractivity (Wildman–Crippen MR) is 141 cm³/mol. The molecule has 0 atom stereocenters. The Morgan fingerprint density at radius 3 is 2.41 bits per heavy atom. The zero-order chi connectivity index (χ0) is 24.5. The van der Waals surface area contributed by atoms with Crippen LogP contribution in [0.15, 0.2) is 42.5 Å². The largest absolute Gasteiger partial charge is 0.494 e. The van der Waals surface area contributed by atoms with Crippen LogP contribution >= 0.6 is 23.8 Å². The van der Waals surface area contributed by atoms with E-state index in [1.165, 1.54) is 0 Å². The van der Waals surface area contributed by atoms with E-state index >= 15 is 0 Å². The Morgan fingerprint density at radius 1 is 1.06 bits per heavy atom. The summed E-state index contributed by atoms with van der Waals surface area (Å²) in [7, 11) is 0. The maximum atomic E-state index is 12.6. The van der Waals surface area contributed by atoms with Crippen molar-refractivity contribution in [3.8, 4) is 5.75 Å². The Morgan fingerprint density at radius 2 is 1.76 bits per heavy atom. The molecule has 0 unspecified atom stereocenters. The van der Waals surface area contributed by atoms with Crippen molar-refractivity contribution >= 4 is 52.1 Å². The normalized spacial score (nSPS) is 13.4. The monoisotopic (exact) mass is 502 g/mol. The number of hydrogen-bond donors (Lipinski definition) is 2. The maximum Gasteiger partial charge on any atom is 0.257 e. The molecule has 1 heterocycles. The van der Waals surface area contributed by atoms with Crippen molar-refractivity contribution in [3.05, 3.63) is 53.1 Å². The highest BCUT2D eigenvalue weighted by atomic mass is 35.5. The zero-order valence-corrected chi connectivity index (χ0v) is 21.2. The van der Waals surface area contributed by atoms with Crippen molar-refractivity contribution in [2.24, 2.45) is 0 Å². The molecule has 3 rings (SSSR count). The second-order valence-corrected chi connectivity index (χ2v) is 8.81. The Kier molecular flexibility index (Phi) is 9.53. The summed E-state index contributed by atoms with van der Waals surface area (Å²) >= 11 is 11.9. The first-order chi connectivity index (χ1) is 16.4. The minimum absolute atomic E-state index is 0.154. The van der Waals surface area contributed by atoms with Crippen molar-refractivity contribution < 1.29 is 14.3 Å². The highest BCUT2D eigenvalue weighted by Crippen LogP contribution is 2.34. The lowest BCUT2D eigenvalue weighted by Crippen LogP contribution is -2.49. The minimum atomic E-state index is -0.312. The number of rotatable bonds is 8. The molecule has 1 fully saturated rings. The number of carbonyl (C=O) groups excluding carboxylic acids is 2. The van der Waals surface area contributed by atoms with Crippen LogP contribution in [-0.4, -0.2) is 54.6 Å². The van der Waals surface area contributed by atoms with Gasteiger partial charge in [0.1, 0.15) is 5.75 Å². The molecule has 0 saturated carbocycles. The average Bonchev–Trinajstić information content (AvgIpc) is 2.84. The van der Waals surface area contributed by atoms with E-state index in [1.54, 1.807) is 24.3 Å². The summed E-state index contributed by atoms with van der Waals surface area (Å²) in [4.78, 5) is 28.6. The summed E-state index contributed by atoms with van der Waals surface area (Å²) in [5.41, 5.74) is 1.99. The molecule has 1 aliphatic heterocycles. The van der Waals surface area contributed by atoms with Crippen LogP contribution in [-0.2, 0) is 4.79 Å². The number of benzene rings is 2. The number of thiocarbonyl (C=S) groups is 1. The number of anilines is 2. The van der Waals surface area contributed by atoms with Crippen LogP contribution in [0.3, 0.4) is 0 Å². The standard InChI is InChI=1S/C25H31ClN4O3S/c1-3-5-17-33-19-11-9-18(10-12-19)24(32)28-25(34)27-21-8-6-7-20(26)23(21)30-15-13-29(14-16-30)22(31)4-2/h6-12H,3-5,13-17H2,1-2H3,(H2,27,28,32,34). The van der Waals surface area contributed by atoms with Crippen LogP contribution in [0.5, 0.6) is 5.75 Å². The lowest BCUT2D eigenvalue weighted by molar-refractivity contribution is -0.131. The highest BCUT2D eigenvalue weighted by molar-refractivity contribution is 7.80. The highest BCUT2D eigenvalue weighted by Gasteiger charge is 2.23. The molecule has 9 heteroatoms. The number of piperazine rings is 1. The molecule has 0 aromatic heterocycles. The van der Waals surface area contributed by atoms with Gasteiger partial charge in [-0.15, -0.1) is 0 Å². The van der Waals surface area contributed by atoms with Gasteiger partial charge in [0.05, 0.1) is 23.0 Å². The van der Waals surface area contributed by atoms with E-state index in [9.17, 15) is 9.59 Å². The van der Waals surface area contributed by atoms with Gasteiger partial charge in [-0.05, 0) is 55.0 Å². The number of unbranched alkanes of at least 4 members (excludes halogenated alkanes) is 1. The van der Waals surface area contributed by atoms with Gasteiger partial charge in [0.25, 0.3) is 5.91 Å². The van der Waals surface area contributed by atoms with E-state index < -0.39 is 0 Å². The molecular weight excluding hydrogens is 472 g/mol. The summed E-state index contributed by atoms with van der Waals surface area (Å²) in [6.45, 7) is 7.23. The molecule has 2 N–H and O–H groups in total. The Balaban J connectivity index is 1.61. The molecule has 2 aromatic rings. The summed E-state index contributed by atoms with van der Waals surface area (Å²) in [5, 5.41) is 6.58. The van der Waals surface area contributed by atoms with Crippen LogP contribution < -0.4 is 20.3 Å². The molecule has 34 heavy (non-hydrogen) atoms. The van der Waals surface area contributed by atoms with Crippen LogP contribution in [0.4, 0.5) is 11.4 Å². The summed E-state index contributed by atoms with van der Waals surface area (Å²) in [5.74, 6) is 0.574. The van der Waals surface area contributed by atoms with Gasteiger partial charge in [-0.25, -0.2) is 0 Å². The third-order valence-corrected chi connectivity index (χ3v) is 6.11. The van der Waals surface area contributed by atoms with E-state index in [4.69, 9.17) is 28.6 Å².